The molecule has 3 aromatic carbocycles. The molecule has 4 fully saturated rings. The molecule has 4 aromatic rings. The van der Waals surface area contributed by atoms with E-state index in [1.165, 1.54) is 75.4 Å². The van der Waals surface area contributed by atoms with Gasteiger partial charge in [-0.1, -0.05) is 12.1 Å². The number of carbonyl (C=O) groups is 1. The largest absolute Gasteiger partial charge is 0.508 e. The van der Waals surface area contributed by atoms with Gasteiger partial charge in [0.15, 0.2) is 30.5 Å². The van der Waals surface area contributed by atoms with Crippen molar-refractivity contribution in [3.8, 4) is 40.1 Å². The van der Waals surface area contributed by atoms with E-state index in [4.69, 9.17) is 47.0 Å². The van der Waals surface area contributed by atoms with Gasteiger partial charge in [0.1, 0.15) is 101 Å². The average molecular weight is 1030 g/mol. The number of phenols is 3. The Kier molecular flexibility index (Phi) is 16.3. The number of aliphatic hydroxyl groups is 10. The number of aliphatic hydroxyl groups excluding tert-OH is 10. The van der Waals surface area contributed by atoms with Crippen molar-refractivity contribution in [1.82, 2.24) is 0 Å². The maximum absolute atomic E-state index is 14.9. The summed E-state index contributed by atoms with van der Waals surface area (Å²) in [6.07, 6.45) is -31.8. The van der Waals surface area contributed by atoms with Crippen molar-refractivity contribution < 1.29 is 118 Å². The fraction of sp³-hybridized carbons (Fsp3) is 0.500. The Morgan fingerprint density at radius 2 is 1.12 bits per heavy atom. The second-order valence-electron chi connectivity index (χ2n) is 18.0. The van der Waals surface area contributed by atoms with Gasteiger partial charge in [-0.25, -0.2) is 4.79 Å². The van der Waals surface area contributed by atoms with E-state index in [9.17, 15) is 76.0 Å². The summed E-state index contributed by atoms with van der Waals surface area (Å²) >= 11 is 0. The molecule has 0 radical (unpaired) electrons. The third-order valence-corrected chi connectivity index (χ3v) is 12.8. The van der Waals surface area contributed by atoms with E-state index < -0.39 is 163 Å². The molecule has 25 nitrogen and oxygen atoms in total. The van der Waals surface area contributed by atoms with Gasteiger partial charge in [0.05, 0.1) is 24.9 Å². The molecule has 0 unspecified atom stereocenters. The van der Waals surface area contributed by atoms with Crippen LogP contribution in [0.1, 0.15) is 26.3 Å². The van der Waals surface area contributed by atoms with Crippen molar-refractivity contribution in [2.24, 2.45) is 0 Å². The quantitative estimate of drug-likeness (QED) is 0.0505. The van der Waals surface area contributed by atoms with Crippen molar-refractivity contribution in [3.63, 3.8) is 0 Å². The molecule has 0 spiro atoms. The summed E-state index contributed by atoms with van der Waals surface area (Å²) in [5.74, 6) is -3.74. The summed E-state index contributed by atoms with van der Waals surface area (Å²) in [7, 11) is 0. The maximum atomic E-state index is 14.9. The van der Waals surface area contributed by atoms with Crippen LogP contribution in [0.2, 0.25) is 0 Å². The maximum Gasteiger partial charge on any atom is 0.331 e. The molecule has 0 aliphatic carbocycles. The van der Waals surface area contributed by atoms with Crippen LogP contribution in [0.15, 0.2) is 76.0 Å². The van der Waals surface area contributed by atoms with E-state index in [2.05, 4.69) is 0 Å². The molecule has 8 rings (SSSR count). The van der Waals surface area contributed by atoms with Crippen molar-refractivity contribution in [2.75, 3.05) is 6.61 Å². The molecule has 4 aliphatic rings. The zero-order valence-electron chi connectivity index (χ0n) is 38.9. The SMILES string of the molecule is C[C@@H]1O[C@@H](OC[C@H]2O[C@@H](Oc3c(-c4ccc(O)cc4)oc4cc(O[C@@H]5O[C@@H](C)[C@H](O)[C@@H](O)[C@H]5O)cc(O)c4c3=O)[C@H](O[C@@H]3O[C@@H](C)[C@H](O)[C@@H](O)[C@H]3O)[C@@H](OC(=O)/C=C/c3ccc(O)cc3)[C@H]2O)[C@H](O)[C@H](O)[C@H]1O. The van der Waals surface area contributed by atoms with E-state index in [1.54, 1.807) is 0 Å². The van der Waals surface area contributed by atoms with Crippen LogP contribution in [0, 0.1) is 0 Å². The topological polar surface area (TPSA) is 393 Å². The number of ether oxygens (including phenoxy) is 9. The predicted octanol–water partition coefficient (Wildman–Crippen LogP) is -2.07. The molecule has 25 heteroatoms. The highest BCUT2D eigenvalue weighted by molar-refractivity contribution is 5.89. The average Bonchev–Trinajstić information content (AvgIpc) is 3.36. The van der Waals surface area contributed by atoms with Crippen LogP contribution in [0.25, 0.3) is 28.4 Å². The van der Waals surface area contributed by atoms with Crippen LogP contribution < -0.4 is 14.9 Å². The molecule has 1 aromatic heterocycles. The number of phenolic OH excluding ortho intramolecular Hbond substituents is 3. The fourth-order valence-corrected chi connectivity index (χ4v) is 8.54. The Bertz CT molecular complexity index is 2630. The molecule has 4 saturated heterocycles. The highest BCUT2D eigenvalue weighted by Crippen LogP contribution is 2.40. The number of hydrogen-bond donors (Lipinski definition) is 13. The first-order chi connectivity index (χ1) is 34.6. The number of carbonyl (C=O) groups excluding carboxylic acids is 1. The Hall–Kier alpha value is -5.56. The lowest BCUT2D eigenvalue weighted by Crippen LogP contribution is -2.66. The first kappa shape index (κ1) is 53.7. The number of fused-ring (bicyclic) bond motifs is 1. The van der Waals surface area contributed by atoms with Gasteiger partial charge in [-0.05, 0) is 68.8 Å². The molecule has 0 saturated carbocycles. The minimum atomic E-state index is -2.14. The Labute approximate surface area is 413 Å². The number of esters is 1. The highest BCUT2D eigenvalue weighted by Gasteiger charge is 2.54. The third kappa shape index (κ3) is 11.3. The zero-order chi connectivity index (χ0) is 52.7. The van der Waals surface area contributed by atoms with Gasteiger partial charge in [-0.15, -0.1) is 0 Å². The second kappa shape index (κ2) is 22.1. The molecule has 13 N–H and O–H groups in total. The summed E-state index contributed by atoms with van der Waals surface area (Å²) in [4.78, 5) is 28.6. The van der Waals surface area contributed by atoms with E-state index in [0.29, 0.717) is 5.56 Å². The summed E-state index contributed by atoms with van der Waals surface area (Å²) < 4.78 is 59.1. The monoisotopic (exact) mass is 1030 g/mol. The van der Waals surface area contributed by atoms with Crippen LogP contribution in [-0.2, 0) is 38.0 Å². The van der Waals surface area contributed by atoms with E-state index in [0.717, 1.165) is 18.2 Å². The highest BCUT2D eigenvalue weighted by atomic mass is 16.8. The van der Waals surface area contributed by atoms with E-state index in [1.807, 2.05) is 0 Å². The van der Waals surface area contributed by atoms with Crippen LogP contribution in [0.4, 0.5) is 0 Å². The first-order valence-electron chi connectivity index (χ1n) is 23.0. The van der Waals surface area contributed by atoms with E-state index >= 15 is 0 Å². The second-order valence-corrected chi connectivity index (χ2v) is 18.0. The van der Waals surface area contributed by atoms with Gasteiger partial charge in [-0.3, -0.25) is 4.79 Å². The molecule has 73 heavy (non-hydrogen) atoms. The van der Waals surface area contributed by atoms with Crippen LogP contribution in [-0.4, -0.2) is 202 Å². The number of rotatable bonds is 13. The number of benzene rings is 3. The molecule has 398 valence electrons. The lowest BCUT2D eigenvalue weighted by molar-refractivity contribution is -0.360. The normalized spacial score (nSPS) is 37.0. The van der Waals surface area contributed by atoms with Crippen molar-refractivity contribution >= 4 is 23.0 Å². The third-order valence-electron chi connectivity index (χ3n) is 12.8. The molecular formula is C48H56O25. The summed E-state index contributed by atoms with van der Waals surface area (Å²) in [5.41, 5.74) is -1.08. The Balaban J connectivity index is 1.22. The number of aromatic hydroxyl groups is 3. The summed E-state index contributed by atoms with van der Waals surface area (Å²) in [6, 6.07) is 12.7. The molecule has 4 aliphatic heterocycles. The van der Waals surface area contributed by atoms with Gasteiger partial charge in [0.2, 0.25) is 23.8 Å². The van der Waals surface area contributed by atoms with Crippen LogP contribution >= 0.6 is 0 Å². The first-order valence-corrected chi connectivity index (χ1v) is 23.0. The van der Waals surface area contributed by atoms with Gasteiger partial charge < -0.3 is 113 Å². The smallest absolute Gasteiger partial charge is 0.331 e. The zero-order valence-corrected chi connectivity index (χ0v) is 38.9. The summed E-state index contributed by atoms with van der Waals surface area (Å²) in [6.45, 7) is 3.34. The van der Waals surface area contributed by atoms with Gasteiger partial charge in [0.25, 0.3) is 0 Å². The van der Waals surface area contributed by atoms with Gasteiger partial charge >= 0.3 is 5.97 Å². The van der Waals surface area contributed by atoms with Crippen molar-refractivity contribution in [2.45, 2.75) is 144 Å². The lowest BCUT2D eigenvalue weighted by atomic mass is 9.97. The predicted molar refractivity (Wildman–Crippen MR) is 242 cm³/mol. The molecular weight excluding hydrogens is 977 g/mol. The Morgan fingerprint density at radius 3 is 1.73 bits per heavy atom. The van der Waals surface area contributed by atoms with E-state index in [-0.39, 0.29) is 28.4 Å². The van der Waals surface area contributed by atoms with Crippen molar-refractivity contribution in [1.29, 1.82) is 0 Å². The standard InChI is InChI=1S/C48H56O25/c1-17-30(53)35(58)38(61)45(65-17)64-16-27-33(56)42(71-28(52)13-6-20-4-9-22(49)10-5-20)44(73-47-40(63)37(60)32(55)19(3)67-47)48(70-27)72-43-34(57)29-25(51)14-24(68-46-39(62)36(59)31(54)18(2)66-46)15-26(29)69-41(43)21-7-11-23(50)12-8-21/h4-15,17-19,27,30-33,35-40,42,44-51,53-56,58-63H,16H2,1-3H3/b13-6+/t17-,18-,19-,27+,30-,31-,32-,33-,35+,36+,37+,38+,39+,40+,42-,44+,45+,46-,47-,48-/m0/s1. The minimum absolute atomic E-state index is 0.0281. The van der Waals surface area contributed by atoms with Crippen molar-refractivity contribution in [3.05, 3.63) is 82.5 Å². The summed E-state index contributed by atoms with van der Waals surface area (Å²) in [5, 5.41) is 138. The molecule has 0 bridgehead atoms. The van der Waals surface area contributed by atoms with Gasteiger partial charge in [-0.2, -0.15) is 0 Å². The van der Waals surface area contributed by atoms with Crippen LogP contribution in [0.3, 0.4) is 0 Å². The Morgan fingerprint density at radius 1 is 0.589 bits per heavy atom. The minimum Gasteiger partial charge on any atom is -0.508 e. The number of hydrogen-bond acceptors (Lipinski definition) is 25. The molecule has 5 heterocycles. The van der Waals surface area contributed by atoms with Gasteiger partial charge in [0, 0.05) is 23.8 Å². The fourth-order valence-electron chi connectivity index (χ4n) is 8.54. The molecule has 20 atom stereocenters. The lowest BCUT2D eigenvalue weighted by Gasteiger charge is -2.47. The van der Waals surface area contributed by atoms with Crippen LogP contribution in [0.5, 0.6) is 28.7 Å². The molecule has 0 amide bonds.